The normalized spacial score (nSPS) is 16.3. The summed E-state index contributed by atoms with van der Waals surface area (Å²) in [7, 11) is 2.17. The Morgan fingerprint density at radius 1 is 1.07 bits per heavy atom. The summed E-state index contributed by atoms with van der Waals surface area (Å²) in [6.07, 6.45) is 7.98. The number of nitrogens with zero attached hydrogens (tertiary/aromatic N) is 4. The summed E-state index contributed by atoms with van der Waals surface area (Å²) in [4.78, 5) is 34.1. The van der Waals surface area contributed by atoms with Gasteiger partial charge in [0.25, 0.3) is 5.91 Å². The number of ether oxygens (including phenoxy) is 1. The highest BCUT2D eigenvalue weighted by atomic mass is 16.5. The van der Waals surface area contributed by atoms with Crippen LogP contribution in [-0.2, 0) is 11.3 Å². The van der Waals surface area contributed by atoms with Crippen LogP contribution >= 0.6 is 0 Å². The molecule has 222 valence electrons. The van der Waals surface area contributed by atoms with E-state index in [0.717, 1.165) is 67.1 Å². The van der Waals surface area contributed by atoms with E-state index in [0.29, 0.717) is 30.0 Å². The number of aromatic amines is 1. The number of allylic oxidation sites excluding steroid dienone is 3. The van der Waals surface area contributed by atoms with Gasteiger partial charge in [0, 0.05) is 67.5 Å². The van der Waals surface area contributed by atoms with Gasteiger partial charge in [-0.3, -0.25) is 14.3 Å². The summed E-state index contributed by atoms with van der Waals surface area (Å²) < 4.78 is 7.79. The predicted molar refractivity (Wildman–Crippen MR) is 168 cm³/mol. The van der Waals surface area contributed by atoms with Crippen LogP contribution in [0.5, 0.6) is 5.75 Å². The van der Waals surface area contributed by atoms with E-state index in [-0.39, 0.29) is 18.1 Å². The second-order valence-electron chi connectivity index (χ2n) is 11.5. The first-order valence-corrected chi connectivity index (χ1v) is 14.9. The van der Waals surface area contributed by atoms with Crippen molar-refractivity contribution in [3.63, 3.8) is 0 Å². The lowest BCUT2D eigenvalue weighted by Crippen LogP contribution is -2.44. The number of H-pyrrole nitrogens is 1. The van der Waals surface area contributed by atoms with E-state index in [1.54, 1.807) is 29.2 Å². The number of carbonyl (C=O) groups is 2. The van der Waals surface area contributed by atoms with Crippen molar-refractivity contribution in [1.29, 1.82) is 0 Å². The highest BCUT2D eigenvalue weighted by Gasteiger charge is 2.20. The molecule has 1 aliphatic heterocycles. The number of nitrogens with one attached hydrogen (secondary N) is 2. The molecular formula is C34H38N6O3. The fraction of sp³-hybridized carbons (Fsp3) is 0.324. The van der Waals surface area contributed by atoms with Crippen molar-refractivity contribution in [3.8, 4) is 5.75 Å². The number of ketones is 1. The second-order valence-corrected chi connectivity index (χ2v) is 11.5. The van der Waals surface area contributed by atoms with Gasteiger partial charge in [-0.1, -0.05) is 35.9 Å². The number of aryl methyl sites for hydroxylation is 1. The first-order chi connectivity index (χ1) is 20.9. The van der Waals surface area contributed by atoms with Crippen molar-refractivity contribution in [2.24, 2.45) is 0 Å². The minimum Gasteiger partial charge on any atom is -0.494 e. The maximum Gasteiger partial charge on any atom is 0.258 e. The molecule has 0 bridgehead atoms. The van der Waals surface area contributed by atoms with E-state index >= 15 is 0 Å². The zero-order valence-corrected chi connectivity index (χ0v) is 24.8. The van der Waals surface area contributed by atoms with E-state index < -0.39 is 0 Å². The number of hydrogen-bond donors (Lipinski definition) is 2. The van der Waals surface area contributed by atoms with Gasteiger partial charge in [0.05, 0.1) is 30.6 Å². The monoisotopic (exact) mass is 578 g/mol. The van der Waals surface area contributed by atoms with Crippen LogP contribution in [0.1, 0.15) is 40.0 Å². The standard InChI is InChI=1S/C34H38N6O3/c1-24-4-6-25(7-5-24)22-40-23-27(21-35-40)34(42)36-28-8-11-33(41)30(20-28)32-19-26-18-29(9-10-31(26)37-32)43-17-3-12-39-15-13-38(2)14-16-39/h4-10,18-21,23,37H,3,11-17,22H2,1-2H3,(H,36,42). The summed E-state index contributed by atoms with van der Waals surface area (Å²) in [5, 5.41) is 8.26. The quantitative estimate of drug-likeness (QED) is 0.271. The van der Waals surface area contributed by atoms with Gasteiger partial charge < -0.3 is 24.8 Å². The summed E-state index contributed by atoms with van der Waals surface area (Å²) in [5.41, 5.74) is 5.55. The molecular weight excluding hydrogens is 540 g/mol. The average molecular weight is 579 g/mol. The summed E-state index contributed by atoms with van der Waals surface area (Å²) in [6.45, 7) is 8.81. The minimum atomic E-state index is -0.266. The average Bonchev–Trinajstić information content (AvgIpc) is 3.65. The molecule has 0 unspecified atom stereocenters. The van der Waals surface area contributed by atoms with Crippen LogP contribution in [0.4, 0.5) is 0 Å². The molecule has 6 rings (SSSR count). The van der Waals surface area contributed by atoms with Crippen LogP contribution < -0.4 is 10.1 Å². The zero-order valence-electron chi connectivity index (χ0n) is 24.8. The summed E-state index contributed by atoms with van der Waals surface area (Å²) >= 11 is 0. The molecule has 2 aromatic heterocycles. The number of fused-ring (bicyclic) bond motifs is 1. The van der Waals surface area contributed by atoms with Gasteiger partial charge in [-0.15, -0.1) is 0 Å². The molecule has 1 amide bonds. The Hall–Kier alpha value is -4.47. The van der Waals surface area contributed by atoms with Gasteiger partial charge in [0.1, 0.15) is 5.75 Å². The highest BCUT2D eigenvalue weighted by molar-refractivity contribution is 6.23. The molecule has 1 fully saturated rings. The molecule has 3 heterocycles. The number of rotatable bonds is 10. The Morgan fingerprint density at radius 3 is 2.70 bits per heavy atom. The Bertz CT molecular complexity index is 1670. The maximum absolute atomic E-state index is 13.0. The third-order valence-corrected chi connectivity index (χ3v) is 8.09. The number of aromatic nitrogens is 3. The molecule has 2 aromatic carbocycles. The van der Waals surface area contributed by atoms with Crippen LogP contribution in [0.25, 0.3) is 16.5 Å². The van der Waals surface area contributed by atoms with Gasteiger partial charge in [0.2, 0.25) is 0 Å². The summed E-state index contributed by atoms with van der Waals surface area (Å²) in [6, 6.07) is 16.1. The van der Waals surface area contributed by atoms with Crippen molar-refractivity contribution < 1.29 is 14.3 Å². The van der Waals surface area contributed by atoms with Crippen molar-refractivity contribution in [2.75, 3.05) is 46.4 Å². The fourth-order valence-corrected chi connectivity index (χ4v) is 5.47. The van der Waals surface area contributed by atoms with Gasteiger partial charge in [0.15, 0.2) is 5.78 Å². The molecule has 0 spiro atoms. The Kier molecular flexibility index (Phi) is 8.53. The van der Waals surface area contributed by atoms with E-state index in [4.69, 9.17) is 4.74 Å². The molecule has 43 heavy (non-hydrogen) atoms. The van der Waals surface area contributed by atoms with Crippen molar-refractivity contribution in [2.45, 2.75) is 26.3 Å². The van der Waals surface area contributed by atoms with Crippen molar-refractivity contribution in [3.05, 3.63) is 101 Å². The smallest absolute Gasteiger partial charge is 0.258 e. The van der Waals surface area contributed by atoms with Crippen LogP contribution in [0, 0.1) is 6.92 Å². The van der Waals surface area contributed by atoms with Crippen molar-refractivity contribution in [1.82, 2.24) is 29.9 Å². The number of Topliss-reactive ketones (excluding diaryl/α,β-unsaturated/α-hetero) is 1. The topological polar surface area (TPSA) is 95.5 Å². The highest BCUT2D eigenvalue weighted by Crippen LogP contribution is 2.28. The lowest BCUT2D eigenvalue weighted by atomic mass is 9.98. The SMILES string of the molecule is Cc1ccc(Cn2cc(C(=O)NC3=CCC(=O)C(c4cc5cc(OCCCN6CCN(C)CC6)ccc5[nH]4)=C3)cn2)cc1. The number of amides is 1. The molecule has 2 N–H and O–H groups in total. The van der Waals surface area contributed by atoms with Gasteiger partial charge in [-0.25, -0.2) is 0 Å². The van der Waals surface area contributed by atoms with E-state index in [2.05, 4.69) is 63.4 Å². The molecule has 1 aliphatic carbocycles. The number of hydrogen-bond acceptors (Lipinski definition) is 6. The molecule has 0 saturated carbocycles. The third kappa shape index (κ3) is 7.13. The van der Waals surface area contributed by atoms with Gasteiger partial charge in [-0.2, -0.15) is 5.10 Å². The van der Waals surface area contributed by atoms with Crippen LogP contribution in [-0.4, -0.2) is 82.6 Å². The van der Waals surface area contributed by atoms with Crippen LogP contribution in [0.3, 0.4) is 0 Å². The first-order valence-electron chi connectivity index (χ1n) is 14.9. The number of likely N-dealkylation sites (N-methyl/N-ethyl adjacent to an activating group) is 1. The molecule has 1 saturated heterocycles. The van der Waals surface area contributed by atoms with Crippen molar-refractivity contribution >= 4 is 28.2 Å². The molecule has 2 aliphatic rings. The molecule has 0 atom stereocenters. The van der Waals surface area contributed by atoms with E-state index in [1.165, 1.54) is 5.56 Å². The maximum atomic E-state index is 13.0. The fourth-order valence-electron chi connectivity index (χ4n) is 5.47. The predicted octanol–water partition coefficient (Wildman–Crippen LogP) is 4.41. The van der Waals surface area contributed by atoms with Gasteiger partial charge in [-0.05, 0) is 56.3 Å². The minimum absolute atomic E-state index is 0.00384. The number of benzene rings is 2. The summed E-state index contributed by atoms with van der Waals surface area (Å²) in [5.74, 6) is 0.546. The first kappa shape index (κ1) is 28.6. The van der Waals surface area contributed by atoms with E-state index in [1.807, 2.05) is 24.3 Å². The Morgan fingerprint density at radius 2 is 1.88 bits per heavy atom. The Balaban J connectivity index is 1.06. The van der Waals surface area contributed by atoms with Crippen LogP contribution in [0.15, 0.2) is 78.8 Å². The lowest BCUT2D eigenvalue weighted by molar-refractivity contribution is -0.113. The molecule has 9 nitrogen and oxygen atoms in total. The molecule has 9 heteroatoms. The third-order valence-electron chi connectivity index (χ3n) is 8.09. The van der Waals surface area contributed by atoms with E-state index in [9.17, 15) is 9.59 Å². The van der Waals surface area contributed by atoms with Crippen LogP contribution in [0.2, 0.25) is 0 Å². The second kappa shape index (κ2) is 12.8. The Labute approximate surface area is 251 Å². The molecule has 4 aromatic rings. The lowest BCUT2D eigenvalue weighted by Gasteiger charge is -2.32. The largest absolute Gasteiger partial charge is 0.494 e. The molecule has 0 radical (unpaired) electrons. The number of carbonyl (C=O) groups excluding carboxylic acids is 2. The number of piperazine rings is 1. The zero-order chi connectivity index (χ0) is 29.8. The van der Waals surface area contributed by atoms with Gasteiger partial charge >= 0.3 is 0 Å².